The molecule has 1 amide bonds. The zero-order valence-corrected chi connectivity index (χ0v) is 14.6. The predicted molar refractivity (Wildman–Crippen MR) is 94.5 cm³/mol. The van der Waals surface area contributed by atoms with E-state index in [4.69, 9.17) is 25.8 Å². The molecule has 6 nitrogen and oxygen atoms in total. The third-order valence-electron chi connectivity index (χ3n) is 3.18. The summed E-state index contributed by atoms with van der Waals surface area (Å²) in [7, 11) is 1.52. The molecule has 2 aromatic carbocycles. The normalized spacial score (nSPS) is 10.0. The molecule has 0 heterocycles. The molecule has 2 aromatic rings. The molecule has 25 heavy (non-hydrogen) atoms. The lowest BCUT2D eigenvalue weighted by atomic mass is 10.2. The van der Waals surface area contributed by atoms with Gasteiger partial charge >= 0.3 is 5.97 Å². The lowest BCUT2D eigenvalue weighted by molar-refractivity contribution is -0.118. The number of ether oxygens (including phenoxy) is 3. The highest BCUT2D eigenvalue weighted by Gasteiger charge is 2.12. The molecule has 0 aliphatic carbocycles. The first-order chi connectivity index (χ1) is 12.0. The van der Waals surface area contributed by atoms with Gasteiger partial charge in [-0.3, -0.25) is 4.79 Å². The maximum absolute atomic E-state index is 12.0. The van der Waals surface area contributed by atoms with Gasteiger partial charge in [0.2, 0.25) is 0 Å². The average molecular weight is 364 g/mol. The van der Waals surface area contributed by atoms with E-state index >= 15 is 0 Å². The second-order valence-corrected chi connectivity index (χ2v) is 5.31. The Balaban J connectivity index is 1.97. The van der Waals surface area contributed by atoms with Crippen LogP contribution >= 0.6 is 11.6 Å². The SMILES string of the molecule is CCOC(=O)c1ccc(NC(=O)COc2ccccc2OC)c(Cl)c1. The number of hydrogen-bond acceptors (Lipinski definition) is 5. The molecule has 0 spiro atoms. The zero-order chi connectivity index (χ0) is 18.2. The molecular weight excluding hydrogens is 346 g/mol. The number of carbonyl (C=O) groups excluding carboxylic acids is 2. The van der Waals surface area contributed by atoms with Crippen molar-refractivity contribution in [3.8, 4) is 11.5 Å². The Morgan fingerprint density at radius 3 is 2.48 bits per heavy atom. The number of para-hydroxylation sites is 2. The van der Waals surface area contributed by atoms with Crippen molar-refractivity contribution in [1.82, 2.24) is 0 Å². The highest BCUT2D eigenvalue weighted by atomic mass is 35.5. The van der Waals surface area contributed by atoms with Crippen molar-refractivity contribution in [2.45, 2.75) is 6.92 Å². The predicted octanol–water partition coefficient (Wildman–Crippen LogP) is 3.54. The van der Waals surface area contributed by atoms with Crippen LogP contribution in [0.15, 0.2) is 42.5 Å². The Kier molecular flexibility index (Phi) is 6.65. The molecule has 132 valence electrons. The highest BCUT2D eigenvalue weighted by Crippen LogP contribution is 2.26. The van der Waals surface area contributed by atoms with Gasteiger partial charge in [0.25, 0.3) is 5.91 Å². The van der Waals surface area contributed by atoms with Gasteiger partial charge in [0.15, 0.2) is 18.1 Å². The molecule has 0 aliphatic heterocycles. The van der Waals surface area contributed by atoms with Crippen molar-refractivity contribution in [3.05, 3.63) is 53.1 Å². The molecule has 0 unspecified atom stereocenters. The van der Waals surface area contributed by atoms with E-state index in [0.29, 0.717) is 22.7 Å². The van der Waals surface area contributed by atoms with Crippen LogP contribution in [0.2, 0.25) is 5.02 Å². The van der Waals surface area contributed by atoms with Gasteiger partial charge in [-0.15, -0.1) is 0 Å². The molecule has 0 aliphatic rings. The first-order valence-electron chi connectivity index (χ1n) is 7.57. The zero-order valence-electron chi connectivity index (χ0n) is 13.9. The van der Waals surface area contributed by atoms with Crippen LogP contribution in [0.5, 0.6) is 11.5 Å². The number of anilines is 1. The fraction of sp³-hybridized carbons (Fsp3) is 0.222. The summed E-state index contributed by atoms with van der Waals surface area (Å²) < 4.78 is 15.5. The molecule has 0 saturated heterocycles. The first-order valence-corrected chi connectivity index (χ1v) is 7.95. The van der Waals surface area contributed by atoms with E-state index in [9.17, 15) is 9.59 Å². The summed E-state index contributed by atoms with van der Waals surface area (Å²) in [6.45, 7) is 1.78. The maximum atomic E-state index is 12.0. The molecule has 0 saturated carbocycles. The Morgan fingerprint density at radius 2 is 1.84 bits per heavy atom. The summed E-state index contributed by atoms with van der Waals surface area (Å²) in [4.78, 5) is 23.7. The Morgan fingerprint density at radius 1 is 1.12 bits per heavy atom. The van der Waals surface area contributed by atoms with E-state index in [1.807, 2.05) is 0 Å². The molecular formula is C18H18ClNO5. The Bertz CT molecular complexity index is 763. The molecule has 0 aromatic heterocycles. The lowest BCUT2D eigenvalue weighted by Gasteiger charge is -2.11. The summed E-state index contributed by atoms with van der Waals surface area (Å²) in [5.74, 6) is 0.134. The molecule has 2 rings (SSSR count). The summed E-state index contributed by atoms with van der Waals surface area (Å²) in [6, 6.07) is 11.5. The van der Waals surface area contributed by atoms with E-state index in [2.05, 4.69) is 5.32 Å². The minimum atomic E-state index is -0.471. The van der Waals surface area contributed by atoms with Gasteiger partial charge in [-0.05, 0) is 37.3 Å². The molecule has 0 atom stereocenters. The van der Waals surface area contributed by atoms with Crippen molar-refractivity contribution < 1.29 is 23.8 Å². The van der Waals surface area contributed by atoms with Crippen LogP contribution in [-0.2, 0) is 9.53 Å². The largest absolute Gasteiger partial charge is 0.493 e. The van der Waals surface area contributed by atoms with Crippen molar-refractivity contribution in [3.63, 3.8) is 0 Å². The molecule has 0 fully saturated rings. The van der Waals surface area contributed by atoms with Crippen LogP contribution in [0, 0.1) is 0 Å². The van der Waals surface area contributed by atoms with E-state index in [0.717, 1.165) is 0 Å². The monoisotopic (exact) mass is 363 g/mol. The van der Waals surface area contributed by atoms with Crippen LogP contribution in [0.1, 0.15) is 17.3 Å². The van der Waals surface area contributed by atoms with Crippen LogP contribution in [0.3, 0.4) is 0 Å². The van der Waals surface area contributed by atoms with Crippen molar-refractivity contribution in [1.29, 1.82) is 0 Å². The van der Waals surface area contributed by atoms with Gasteiger partial charge in [-0.1, -0.05) is 23.7 Å². The number of halogens is 1. The van der Waals surface area contributed by atoms with E-state index in [1.165, 1.54) is 25.3 Å². The summed E-state index contributed by atoms with van der Waals surface area (Å²) in [5, 5.41) is 2.86. The van der Waals surface area contributed by atoms with Crippen LogP contribution < -0.4 is 14.8 Å². The molecule has 0 radical (unpaired) electrons. The summed E-state index contributed by atoms with van der Waals surface area (Å²) >= 11 is 6.10. The van der Waals surface area contributed by atoms with Gasteiger partial charge < -0.3 is 19.5 Å². The van der Waals surface area contributed by atoms with Gasteiger partial charge in [0.1, 0.15) is 0 Å². The third kappa shape index (κ3) is 5.12. The van der Waals surface area contributed by atoms with Crippen LogP contribution in [0.4, 0.5) is 5.69 Å². The van der Waals surface area contributed by atoms with Gasteiger partial charge in [-0.2, -0.15) is 0 Å². The summed E-state index contributed by atoms with van der Waals surface area (Å²) in [5.41, 5.74) is 0.693. The smallest absolute Gasteiger partial charge is 0.338 e. The van der Waals surface area contributed by atoms with Crippen molar-refractivity contribution in [2.24, 2.45) is 0 Å². The van der Waals surface area contributed by atoms with Crippen molar-refractivity contribution in [2.75, 3.05) is 25.6 Å². The fourth-order valence-electron chi connectivity index (χ4n) is 2.03. The minimum Gasteiger partial charge on any atom is -0.493 e. The number of nitrogens with one attached hydrogen (secondary N) is 1. The first kappa shape index (κ1) is 18.6. The highest BCUT2D eigenvalue weighted by molar-refractivity contribution is 6.34. The number of amides is 1. The van der Waals surface area contributed by atoms with E-state index < -0.39 is 11.9 Å². The van der Waals surface area contributed by atoms with E-state index in [-0.39, 0.29) is 18.2 Å². The maximum Gasteiger partial charge on any atom is 0.338 e. The Hall–Kier alpha value is -2.73. The topological polar surface area (TPSA) is 73.9 Å². The third-order valence-corrected chi connectivity index (χ3v) is 3.49. The standard InChI is InChI=1S/C18H18ClNO5/c1-3-24-18(22)12-8-9-14(13(19)10-12)20-17(21)11-25-16-7-5-4-6-15(16)23-2/h4-10H,3,11H2,1-2H3,(H,20,21). The molecule has 0 bridgehead atoms. The minimum absolute atomic E-state index is 0.212. The fourth-order valence-corrected chi connectivity index (χ4v) is 2.25. The Labute approximate surface area is 150 Å². The summed E-state index contributed by atoms with van der Waals surface area (Å²) in [6.07, 6.45) is 0. The second kappa shape index (κ2) is 8.94. The number of hydrogen-bond donors (Lipinski definition) is 1. The second-order valence-electron chi connectivity index (χ2n) is 4.90. The quantitative estimate of drug-likeness (QED) is 0.761. The van der Waals surface area contributed by atoms with Crippen molar-refractivity contribution >= 4 is 29.2 Å². The van der Waals surface area contributed by atoms with Gasteiger partial charge in [-0.25, -0.2) is 4.79 Å². The van der Waals surface area contributed by atoms with E-state index in [1.54, 1.807) is 31.2 Å². The average Bonchev–Trinajstić information content (AvgIpc) is 2.62. The number of esters is 1. The number of rotatable bonds is 7. The van der Waals surface area contributed by atoms with Crippen LogP contribution in [0.25, 0.3) is 0 Å². The number of methoxy groups -OCH3 is 1. The van der Waals surface area contributed by atoms with Crippen LogP contribution in [-0.4, -0.2) is 32.2 Å². The van der Waals surface area contributed by atoms with Gasteiger partial charge in [0.05, 0.1) is 30.0 Å². The molecule has 1 N–H and O–H groups in total. The number of carbonyl (C=O) groups is 2. The number of benzene rings is 2. The van der Waals surface area contributed by atoms with Gasteiger partial charge in [0, 0.05) is 0 Å². The lowest BCUT2D eigenvalue weighted by Crippen LogP contribution is -2.20. The molecule has 7 heteroatoms.